The first kappa shape index (κ1) is 17.0. The number of aryl methyl sites for hydroxylation is 1. The molecule has 1 aliphatic rings. The minimum absolute atomic E-state index is 0.0214. The van der Waals surface area contributed by atoms with Gasteiger partial charge in [0, 0.05) is 39.6 Å². The van der Waals surface area contributed by atoms with Crippen molar-refractivity contribution in [2.75, 3.05) is 26.2 Å². The topological polar surface area (TPSA) is 69.7 Å². The zero-order valence-corrected chi connectivity index (χ0v) is 13.7. The van der Waals surface area contributed by atoms with E-state index in [9.17, 15) is 14.4 Å². The molecule has 0 saturated carbocycles. The molecule has 1 aromatic carbocycles. The Kier molecular flexibility index (Phi) is 5.73. The third-order valence-corrected chi connectivity index (χ3v) is 4.13. The average Bonchev–Trinajstić information content (AvgIpc) is 2.54. The Hall–Kier alpha value is -2.37. The number of hydrogen-bond acceptors (Lipinski definition) is 3. The summed E-state index contributed by atoms with van der Waals surface area (Å²) in [5, 5.41) is 2.79. The molecule has 2 rings (SSSR count). The highest BCUT2D eigenvalue weighted by Crippen LogP contribution is 2.07. The number of piperazine rings is 1. The molecule has 1 aromatic rings. The third-order valence-electron chi connectivity index (χ3n) is 4.13. The number of amides is 3. The Balaban J connectivity index is 1.76. The number of nitrogens with one attached hydrogen (secondary N) is 1. The van der Waals surface area contributed by atoms with Crippen LogP contribution < -0.4 is 5.32 Å². The quantitative estimate of drug-likeness (QED) is 0.831. The second kappa shape index (κ2) is 7.76. The summed E-state index contributed by atoms with van der Waals surface area (Å²) in [4.78, 5) is 38.7. The lowest BCUT2D eigenvalue weighted by atomic mass is 10.1. The number of rotatable bonds is 4. The number of hydrogen-bond donors (Lipinski definition) is 1. The van der Waals surface area contributed by atoms with E-state index in [-0.39, 0.29) is 24.1 Å². The number of carbonyl (C=O) groups is 3. The first-order valence-electron chi connectivity index (χ1n) is 7.82. The summed E-state index contributed by atoms with van der Waals surface area (Å²) >= 11 is 0. The van der Waals surface area contributed by atoms with Gasteiger partial charge in [-0.1, -0.05) is 24.3 Å². The Morgan fingerprint density at radius 1 is 1.04 bits per heavy atom. The van der Waals surface area contributed by atoms with E-state index >= 15 is 0 Å². The molecule has 1 fully saturated rings. The molecular formula is C17H23N3O3. The van der Waals surface area contributed by atoms with E-state index in [1.54, 1.807) is 9.80 Å². The first-order valence-corrected chi connectivity index (χ1v) is 7.82. The predicted molar refractivity (Wildman–Crippen MR) is 86.5 cm³/mol. The van der Waals surface area contributed by atoms with Crippen molar-refractivity contribution in [3.8, 4) is 0 Å². The van der Waals surface area contributed by atoms with Crippen molar-refractivity contribution < 1.29 is 14.4 Å². The maximum absolute atomic E-state index is 12.1. The molecule has 0 atom stereocenters. The zero-order chi connectivity index (χ0) is 16.8. The van der Waals surface area contributed by atoms with Crippen molar-refractivity contribution in [1.29, 1.82) is 0 Å². The van der Waals surface area contributed by atoms with Gasteiger partial charge in [-0.25, -0.2) is 0 Å². The SMILES string of the molecule is CC(=O)N1CCN(C(=O)CC(=O)NCc2ccccc2C)CC1. The minimum Gasteiger partial charge on any atom is -0.352 e. The Labute approximate surface area is 136 Å². The van der Waals surface area contributed by atoms with Crippen LogP contribution in [0.1, 0.15) is 24.5 Å². The van der Waals surface area contributed by atoms with Crippen molar-refractivity contribution in [2.24, 2.45) is 0 Å². The van der Waals surface area contributed by atoms with Gasteiger partial charge in [-0.05, 0) is 18.1 Å². The van der Waals surface area contributed by atoms with Crippen LogP contribution in [0, 0.1) is 6.92 Å². The second-order valence-corrected chi connectivity index (χ2v) is 5.77. The summed E-state index contributed by atoms with van der Waals surface area (Å²) in [6, 6.07) is 7.82. The largest absolute Gasteiger partial charge is 0.352 e. The predicted octanol–water partition coefficient (Wildman–Crippen LogP) is 0.692. The molecule has 0 aromatic heterocycles. The highest BCUT2D eigenvalue weighted by Gasteiger charge is 2.23. The molecule has 0 aliphatic carbocycles. The molecule has 0 radical (unpaired) electrons. The van der Waals surface area contributed by atoms with Crippen LogP contribution in [0.4, 0.5) is 0 Å². The average molecular weight is 317 g/mol. The second-order valence-electron chi connectivity index (χ2n) is 5.77. The van der Waals surface area contributed by atoms with Crippen molar-refractivity contribution in [3.05, 3.63) is 35.4 Å². The lowest BCUT2D eigenvalue weighted by molar-refractivity contribution is -0.141. The van der Waals surface area contributed by atoms with Crippen LogP contribution in [-0.2, 0) is 20.9 Å². The molecule has 3 amide bonds. The summed E-state index contributed by atoms with van der Waals surface area (Å²) in [5.74, 6) is -0.434. The smallest absolute Gasteiger partial charge is 0.232 e. The monoisotopic (exact) mass is 317 g/mol. The van der Waals surface area contributed by atoms with Gasteiger partial charge in [0.2, 0.25) is 17.7 Å². The molecule has 1 heterocycles. The van der Waals surface area contributed by atoms with Crippen LogP contribution in [0.15, 0.2) is 24.3 Å². The summed E-state index contributed by atoms with van der Waals surface area (Å²) in [7, 11) is 0. The summed E-state index contributed by atoms with van der Waals surface area (Å²) in [5.41, 5.74) is 2.16. The van der Waals surface area contributed by atoms with Gasteiger partial charge in [0.05, 0.1) is 0 Å². The number of carbonyl (C=O) groups excluding carboxylic acids is 3. The van der Waals surface area contributed by atoms with Crippen LogP contribution in [0.5, 0.6) is 0 Å². The Bertz CT molecular complexity index is 593. The molecule has 124 valence electrons. The van der Waals surface area contributed by atoms with Gasteiger partial charge in [-0.3, -0.25) is 14.4 Å². The fourth-order valence-electron chi connectivity index (χ4n) is 2.58. The van der Waals surface area contributed by atoms with E-state index < -0.39 is 0 Å². The number of benzene rings is 1. The van der Waals surface area contributed by atoms with Crippen LogP contribution in [0.2, 0.25) is 0 Å². The van der Waals surface area contributed by atoms with Gasteiger partial charge in [-0.2, -0.15) is 0 Å². The number of nitrogens with zero attached hydrogens (tertiary/aromatic N) is 2. The van der Waals surface area contributed by atoms with Crippen LogP contribution in [-0.4, -0.2) is 53.7 Å². The summed E-state index contributed by atoms with van der Waals surface area (Å²) in [6.07, 6.45) is -0.147. The molecule has 0 bridgehead atoms. The zero-order valence-electron chi connectivity index (χ0n) is 13.7. The molecule has 1 aliphatic heterocycles. The fraction of sp³-hybridized carbons (Fsp3) is 0.471. The normalized spacial score (nSPS) is 14.5. The highest BCUT2D eigenvalue weighted by molar-refractivity contribution is 5.97. The van der Waals surface area contributed by atoms with Gasteiger partial charge in [-0.15, -0.1) is 0 Å². The van der Waals surface area contributed by atoms with Gasteiger partial charge < -0.3 is 15.1 Å². The van der Waals surface area contributed by atoms with Crippen molar-refractivity contribution >= 4 is 17.7 Å². The van der Waals surface area contributed by atoms with E-state index in [1.807, 2.05) is 31.2 Å². The van der Waals surface area contributed by atoms with E-state index in [0.29, 0.717) is 32.7 Å². The van der Waals surface area contributed by atoms with Gasteiger partial charge in [0.25, 0.3) is 0 Å². The molecule has 6 heteroatoms. The lowest BCUT2D eigenvalue weighted by Crippen LogP contribution is -2.50. The molecule has 0 spiro atoms. The van der Waals surface area contributed by atoms with Crippen LogP contribution >= 0.6 is 0 Å². The lowest BCUT2D eigenvalue weighted by Gasteiger charge is -2.34. The van der Waals surface area contributed by atoms with Crippen LogP contribution in [0.25, 0.3) is 0 Å². The molecule has 23 heavy (non-hydrogen) atoms. The maximum Gasteiger partial charge on any atom is 0.232 e. The van der Waals surface area contributed by atoms with Gasteiger partial charge in [0.1, 0.15) is 6.42 Å². The molecule has 1 N–H and O–H groups in total. The molecule has 0 unspecified atom stereocenters. The fourth-order valence-corrected chi connectivity index (χ4v) is 2.58. The van der Waals surface area contributed by atoms with E-state index in [4.69, 9.17) is 0 Å². The van der Waals surface area contributed by atoms with E-state index in [2.05, 4.69) is 5.32 Å². The van der Waals surface area contributed by atoms with Crippen molar-refractivity contribution in [3.63, 3.8) is 0 Å². The van der Waals surface area contributed by atoms with Crippen LogP contribution in [0.3, 0.4) is 0 Å². The van der Waals surface area contributed by atoms with Crippen molar-refractivity contribution in [1.82, 2.24) is 15.1 Å². The van der Waals surface area contributed by atoms with Crippen molar-refractivity contribution in [2.45, 2.75) is 26.8 Å². The van der Waals surface area contributed by atoms with Gasteiger partial charge >= 0.3 is 0 Å². The molecule has 1 saturated heterocycles. The summed E-state index contributed by atoms with van der Waals surface area (Å²) < 4.78 is 0. The van der Waals surface area contributed by atoms with Gasteiger partial charge in [0.15, 0.2) is 0 Å². The maximum atomic E-state index is 12.1. The summed E-state index contributed by atoms with van der Waals surface area (Å²) in [6.45, 7) is 5.99. The molecular weight excluding hydrogens is 294 g/mol. The molecule has 6 nitrogen and oxygen atoms in total. The standard InChI is InChI=1S/C17H23N3O3/c1-13-5-3-4-6-15(13)12-18-16(22)11-17(23)20-9-7-19(8-10-20)14(2)21/h3-6H,7-12H2,1-2H3,(H,18,22). The van der Waals surface area contributed by atoms with E-state index in [0.717, 1.165) is 11.1 Å². The van der Waals surface area contributed by atoms with E-state index in [1.165, 1.54) is 6.92 Å². The Morgan fingerprint density at radius 2 is 1.65 bits per heavy atom. The minimum atomic E-state index is -0.271. The first-order chi connectivity index (χ1) is 11.0. The Morgan fingerprint density at radius 3 is 2.26 bits per heavy atom. The third kappa shape index (κ3) is 4.81. The highest BCUT2D eigenvalue weighted by atomic mass is 16.2.